The molecule has 0 aromatic carbocycles. The van der Waals surface area contributed by atoms with Crippen molar-refractivity contribution in [2.24, 2.45) is 5.73 Å². The quantitative estimate of drug-likeness (QED) is 0.217. The molecule has 0 saturated heterocycles. The highest BCUT2D eigenvalue weighted by Crippen LogP contribution is 2.42. The smallest absolute Gasteiger partial charge is 0.339 e. The van der Waals surface area contributed by atoms with Crippen molar-refractivity contribution in [3.63, 3.8) is 0 Å². The molecule has 0 saturated carbocycles. The highest BCUT2D eigenvalue weighted by atomic mass is 31.2. The molecule has 0 aliphatic rings. The van der Waals surface area contributed by atoms with Gasteiger partial charge in [-0.25, -0.2) is 0 Å². The van der Waals surface area contributed by atoms with Crippen LogP contribution >= 0.6 is 15.2 Å². The second kappa shape index (κ2) is 8.21. The van der Waals surface area contributed by atoms with Crippen LogP contribution in [0.15, 0.2) is 0 Å². The zero-order chi connectivity index (χ0) is 16.0. The molecule has 12 heteroatoms. The number of carboxylic acid groups (broad SMARTS) is 1. The van der Waals surface area contributed by atoms with Gasteiger partial charge in [-0.3, -0.25) is 18.8 Å². The molecule has 0 aromatic heterocycles. The predicted octanol–water partition coefficient (Wildman–Crippen LogP) is -0.859. The summed E-state index contributed by atoms with van der Waals surface area (Å²) in [7, 11) is -9.29. The predicted molar refractivity (Wildman–Crippen MR) is 70.0 cm³/mol. The Bertz CT molecular complexity index is 381. The van der Waals surface area contributed by atoms with Gasteiger partial charge in [0.05, 0.1) is 0 Å². The van der Waals surface area contributed by atoms with E-state index in [4.69, 9.17) is 30.4 Å². The van der Waals surface area contributed by atoms with Gasteiger partial charge in [0.1, 0.15) is 18.6 Å². The molecule has 7 N–H and O–H groups in total. The first-order valence-corrected chi connectivity index (χ1v) is 9.32. The van der Waals surface area contributed by atoms with Crippen molar-refractivity contribution in [2.45, 2.75) is 25.3 Å². The topological polar surface area (TPSA) is 182 Å². The summed E-state index contributed by atoms with van der Waals surface area (Å²) in [5.41, 5.74) is 5.26. The maximum Gasteiger partial charge on any atom is 0.339 e. The standard InChI is InChI=1S/C8H20N2O8P2/c9-4-2-1-3-7(8(11)12)10(5-19(13,14)15)6-20(16,17)18/h7H,1-6,9H2,(H,11,12)(H2,13,14,15)(H2,16,17,18). The Kier molecular flexibility index (Phi) is 8.08. The van der Waals surface area contributed by atoms with Gasteiger partial charge >= 0.3 is 21.2 Å². The van der Waals surface area contributed by atoms with E-state index in [0.717, 1.165) is 0 Å². The molecule has 1 unspecified atom stereocenters. The minimum atomic E-state index is -4.65. The number of carbonyl (C=O) groups is 1. The van der Waals surface area contributed by atoms with Gasteiger partial charge in [-0.15, -0.1) is 0 Å². The summed E-state index contributed by atoms with van der Waals surface area (Å²) < 4.78 is 21.9. The molecule has 0 heterocycles. The van der Waals surface area contributed by atoms with Gasteiger partial charge in [0.25, 0.3) is 0 Å². The molecule has 0 bridgehead atoms. The summed E-state index contributed by atoms with van der Waals surface area (Å²) in [6.45, 7) is 0.323. The lowest BCUT2D eigenvalue weighted by molar-refractivity contribution is -0.143. The van der Waals surface area contributed by atoms with Gasteiger partial charge in [-0.1, -0.05) is 6.42 Å². The third-order valence-corrected chi connectivity index (χ3v) is 3.85. The normalized spacial score (nSPS) is 14.5. The van der Waals surface area contributed by atoms with Crippen LogP contribution in [0.25, 0.3) is 0 Å². The van der Waals surface area contributed by atoms with Crippen LogP contribution in [0.4, 0.5) is 0 Å². The zero-order valence-electron chi connectivity index (χ0n) is 10.7. The first-order chi connectivity index (χ1) is 8.96. The minimum absolute atomic E-state index is 0.00741. The maximum atomic E-state index is 11.1. The summed E-state index contributed by atoms with van der Waals surface area (Å²) in [6, 6.07) is -1.39. The van der Waals surface area contributed by atoms with Crippen LogP contribution in [-0.2, 0) is 13.9 Å². The van der Waals surface area contributed by atoms with Gasteiger partial charge in [-0.05, 0) is 19.4 Å². The van der Waals surface area contributed by atoms with Crippen LogP contribution in [0.5, 0.6) is 0 Å². The minimum Gasteiger partial charge on any atom is -0.480 e. The number of unbranched alkanes of at least 4 members (excludes halogenated alkanes) is 1. The second-order valence-electron chi connectivity index (χ2n) is 4.34. The third kappa shape index (κ3) is 9.57. The van der Waals surface area contributed by atoms with E-state index in [1.54, 1.807) is 0 Å². The van der Waals surface area contributed by atoms with Gasteiger partial charge < -0.3 is 30.4 Å². The van der Waals surface area contributed by atoms with Crippen molar-refractivity contribution in [1.29, 1.82) is 0 Å². The number of hydrogen-bond donors (Lipinski definition) is 6. The monoisotopic (exact) mass is 334 g/mol. The maximum absolute atomic E-state index is 11.1. The fraction of sp³-hybridized carbons (Fsp3) is 0.875. The molecule has 120 valence electrons. The number of nitrogens with two attached hydrogens (primary N) is 1. The van der Waals surface area contributed by atoms with Crippen LogP contribution in [0.1, 0.15) is 19.3 Å². The highest BCUT2D eigenvalue weighted by molar-refractivity contribution is 7.52. The lowest BCUT2D eigenvalue weighted by Gasteiger charge is -2.28. The Morgan fingerprint density at radius 1 is 1.05 bits per heavy atom. The Labute approximate surface area is 115 Å². The van der Waals surface area contributed by atoms with E-state index in [9.17, 15) is 13.9 Å². The Hall–Kier alpha value is -0.310. The molecule has 0 spiro atoms. The third-order valence-electron chi connectivity index (χ3n) is 2.39. The Morgan fingerprint density at radius 3 is 1.80 bits per heavy atom. The van der Waals surface area contributed by atoms with Crippen molar-refractivity contribution >= 4 is 21.2 Å². The van der Waals surface area contributed by atoms with E-state index in [0.29, 0.717) is 24.3 Å². The summed E-state index contributed by atoms with van der Waals surface area (Å²) in [5, 5.41) is 9.06. The summed E-state index contributed by atoms with van der Waals surface area (Å²) >= 11 is 0. The molecular formula is C8H20N2O8P2. The average molecular weight is 334 g/mol. The van der Waals surface area contributed by atoms with E-state index in [-0.39, 0.29) is 6.42 Å². The molecule has 0 aromatic rings. The molecule has 0 aliphatic carbocycles. The van der Waals surface area contributed by atoms with Crippen molar-refractivity contribution in [2.75, 3.05) is 19.1 Å². The first kappa shape index (κ1) is 19.7. The van der Waals surface area contributed by atoms with Crippen LogP contribution in [0.3, 0.4) is 0 Å². The lowest BCUT2D eigenvalue weighted by Crippen LogP contribution is -2.42. The number of hydrogen-bond acceptors (Lipinski definition) is 5. The van der Waals surface area contributed by atoms with E-state index in [1.807, 2.05) is 0 Å². The molecule has 0 radical (unpaired) electrons. The van der Waals surface area contributed by atoms with E-state index < -0.39 is 39.8 Å². The zero-order valence-corrected chi connectivity index (χ0v) is 12.5. The van der Waals surface area contributed by atoms with Crippen LogP contribution in [-0.4, -0.2) is 60.7 Å². The number of nitrogens with zero attached hydrogens (tertiary/aromatic N) is 1. The SMILES string of the molecule is NCCCCC(C(=O)O)N(CP(=O)(O)O)CP(=O)(O)O. The lowest BCUT2D eigenvalue weighted by atomic mass is 10.1. The highest BCUT2D eigenvalue weighted by Gasteiger charge is 2.34. The van der Waals surface area contributed by atoms with Gasteiger partial charge in [-0.2, -0.15) is 0 Å². The van der Waals surface area contributed by atoms with Crippen molar-refractivity contribution in [3.8, 4) is 0 Å². The molecule has 10 nitrogen and oxygen atoms in total. The number of carboxylic acids is 1. The van der Waals surface area contributed by atoms with Gasteiger partial charge in [0, 0.05) is 0 Å². The fourth-order valence-corrected chi connectivity index (χ4v) is 3.36. The summed E-state index contributed by atoms with van der Waals surface area (Å²) in [4.78, 5) is 47.3. The molecule has 1 atom stereocenters. The van der Waals surface area contributed by atoms with Crippen molar-refractivity contribution in [3.05, 3.63) is 0 Å². The Balaban J connectivity index is 5.04. The van der Waals surface area contributed by atoms with E-state index in [1.165, 1.54) is 0 Å². The molecule has 0 fully saturated rings. The Morgan fingerprint density at radius 2 is 1.50 bits per heavy atom. The molecule has 0 aliphatic heterocycles. The second-order valence-corrected chi connectivity index (χ2v) is 7.56. The molecule has 20 heavy (non-hydrogen) atoms. The van der Waals surface area contributed by atoms with E-state index in [2.05, 4.69) is 0 Å². The van der Waals surface area contributed by atoms with Crippen LogP contribution in [0, 0.1) is 0 Å². The van der Waals surface area contributed by atoms with Crippen molar-refractivity contribution < 1.29 is 38.6 Å². The number of aliphatic carboxylic acids is 1. The fourth-order valence-electron chi connectivity index (χ4n) is 1.66. The van der Waals surface area contributed by atoms with Crippen LogP contribution in [0.2, 0.25) is 0 Å². The van der Waals surface area contributed by atoms with Gasteiger partial charge in [0.15, 0.2) is 0 Å². The molecule has 0 amide bonds. The first-order valence-electron chi connectivity index (χ1n) is 5.72. The van der Waals surface area contributed by atoms with E-state index >= 15 is 0 Å². The molecule has 0 rings (SSSR count). The van der Waals surface area contributed by atoms with Crippen molar-refractivity contribution in [1.82, 2.24) is 4.90 Å². The summed E-state index contributed by atoms with van der Waals surface area (Å²) in [5.74, 6) is -1.40. The largest absolute Gasteiger partial charge is 0.480 e. The number of rotatable bonds is 10. The van der Waals surface area contributed by atoms with Crippen LogP contribution < -0.4 is 5.73 Å². The average Bonchev–Trinajstić information content (AvgIpc) is 2.18. The summed E-state index contributed by atoms with van der Waals surface area (Å²) in [6.07, 6.45) is -1.20. The molecular weight excluding hydrogens is 314 g/mol. The van der Waals surface area contributed by atoms with Gasteiger partial charge in [0.2, 0.25) is 0 Å².